The van der Waals surface area contributed by atoms with E-state index in [2.05, 4.69) is 52.0 Å². The van der Waals surface area contributed by atoms with Gasteiger partial charge in [-0.1, -0.05) is 20.8 Å². The Hall–Kier alpha value is -0.980. The topological polar surface area (TPSA) is 62.5 Å². The Morgan fingerprint density at radius 3 is 2.75 bits per heavy atom. The number of hydrogen-bond donors (Lipinski definition) is 2. The van der Waals surface area contributed by atoms with Crippen LogP contribution in [0.5, 0.6) is 0 Å². The van der Waals surface area contributed by atoms with Crippen molar-refractivity contribution in [3.05, 3.63) is 28.9 Å². The van der Waals surface area contributed by atoms with Crippen molar-refractivity contribution in [2.24, 2.45) is 5.41 Å². The molecule has 0 aliphatic heterocycles. The normalized spacial score (nSPS) is 13.8. The van der Waals surface area contributed by atoms with E-state index in [9.17, 15) is 5.11 Å². The molecule has 0 aliphatic rings. The molecular formula is C14H21BrN4O. The van der Waals surface area contributed by atoms with Crippen molar-refractivity contribution in [3.63, 3.8) is 0 Å². The summed E-state index contributed by atoms with van der Waals surface area (Å²) in [7, 11) is 0. The van der Waals surface area contributed by atoms with E-state index in [-0.39, 0.29) is 18.1 Å². The van der Waals surface area contributed by atoms with Crippen molar-refractivity contribution in [1.82, 2.24) is 19.7 Å². The van der Waals surface area contributed by atoms with Gasteiger partial charge >= 0.3 is 0 Å². The van der Waals surface area contributed by atoms with Crippen molar-refractivity contribution < 1.29 is 5.11 Å². The van der Waals surface area contributed by atoms with Crippen LogP contribution in [0.25, 0.3) is 5.65 Å². The Morgan fingerprint density at radius 1 is 1.35 bits per heavy atom. The summed E-state index contributed by atoms with van der Waals surface area (Å²) in [6.07, 6.45) is 6.25. The zero-order chi connectivity index (χ0) is 14.8. The van der Waals surface area contributed by atoms with Gasteiger partial charge in [0.15, 0.2) is 5.65 Å². The number of rotatable bonds is 5. The SMILES string of the molecule is CC(C)(C)C(CCO)NCc1cnc2cnc(Br)cn12. The lowest BCUT2D eigenvalue weighted by molar-refractivity contribution is 0.196. The zero-order valence-corrected chi connectivity index (χ0v) is 13.7. The first kappa shape index (κ1) is 15.4. The summed E-state index contributed by atoms with van der Waals surface area (Å²) in [5.74, 6) is 0. The molecule has 0 bridgehead atoms. The number of nitrogens with zero attached hydrogens (tertiary/aromatic N) is 3. The summed E-state index contributed by atoms with van der Waals surface area (Å²) in [6, 6.07) is 0.253. The maximum atomic E-state index is 9.19. The molecule has 1 unspecified atom stereocenters. The lowest BCUT2D eigenvalue weighted by Gasteiger charge is -2.31. The minimum Gasteiger partial charge on any atom is -0.396 e. The maximum absolute atomic E-state index is 9.19. The lowest BCUT2D eigenvalue weighted by Crippen LogP contribution is -2.40. The molecule has 6 heteroatoms. The van der Waals surface area contributed by atoms with Crippen LogP contribution in [0, 0.1) is 5.41 Å². The molecule has 20 heavy (non-hydrogen) atoms. The molecule has 0 radical (unpaired) electrons. The number of aromatic nitrogens is 3. The first-order valence-corrected chi connectivity index (χ1v) is 7.53. The first-order chi connectivity index (χ1) is 9.41. The van der Waals surface area contributed by atoms with Gasteiger partial charge in [0.1, 0.15) is 4.60 Å². The van der Waals surface area contributed by atoms with Crippen molar-refractivity contribution in [2.45, 2.75) is 39.8 Å². The predicted molar refractivity (Wildman–Crippen MR) is 82.5 cm³/mol. The van der Waals surface area contributed by atoms with E-state index in [1.54, 1.807) is 6.20 Å². The highest BCUT2D eigenvalue weighted by molar-refractivity contribution is 9.10. The van der Waals surface area contributed by atoms with E-state index < -0.39 is 0 Å². The quantitative estimate of drug-likeness (QED) is 0.877. The van der Waals surface area contributed by atoms with Crippen molar-refractivity contribution in [3.8, 4) is 0 Å². The van der Waals surface area contributed by atoms with Crippen LogP contribution in [-0.2, 0) is 6.54 Å². The average Bonchev–Trinajstić information content (AvgIpc) is 2.75. The lowest BCUT2D eigenvalue weighted by atomic mass is 9.85. The third-order valence-corrected chi connectivity index (χ3v) is 3.84. The highest BCUT2D eigenvalue weighted by Crippen LogP contribution is 2.22. The highest BCUT2D eigenvalue weighted by Gasteiger charge is 2.23. The molecule has 0 saturated carbocycles. The number of nitrogens with one attached hydrogen (secondary N) is 1. The highest BCUT2D eigenvalue weighted by atomic mass is 79.9. The third-order valence-electron chi connectivity index (χ3n) is 3.43. The molecule has 5 nitrogen and oxygen atoms in total. The minimum absolute atomic E-state index is 0.103. The van der Waals surface area contributed by atoms with E-state index >= 15 is 0 Å². The summed E-state index contributed by atoms with van der Waals surface area (Å²) in [5.41, 5.74) is 2.01. The molecule has 1 atom stereocenters. The summed E-state index contributed by atoms with van der Waals surface area (Å²) >= 11 is 3.37. The Morgan fingerprint density at radius 2 is 2.10 bits per heavy atom. The van der Waals surface area contributed by atoms with Crippen LogP contribution in [-0.4, -0.2) is 32.1 Å². The van der Waals surface area contributed by atoms with Crippen molar-refractivity contribution in [2.75, 3.05) is 6.61 Å². The number of aliphatic hydroxyl groups excluding tert-OH is 1. The summed E-state index contributed by atoms with van der Waals surface area (Å²) < 4.78 is 2.80. The molecule has 0 spiro atoms. The molecule has 2 aromatic heterocycles. The van der Waals surface area contributed by atoms with Crippen LogP contribution < -0.4 is 5.32 Å². The number of aliphatic hydroxyl groups is 1. The van der Waals surface area contributed by atoms with E-state index in [0.29, 0.717) is 6.54 Å². The fourth-order valence-electron chi connectivity index (χ4n) is 2.24. The molecule has 0 fully saturated rings. The smallest absolute Gasteiger partial charge is 0.155 e. The van der Waals surface area contributed by atoms with Crippen molar-refractivity contribution >= 4 is 21.6 Å². The summed E-state index contributed by atoms with van der Waals surface area (Å²) in [5, 5.41) is 12.7. The van der Waals surface area contributed by atoms with Gasteiger partial charge in [0.05, 0.1) is 18.1 Å². The Balaban J connectivity index is 2.13. The number of halogens is 1. The Bertz CT molecular complexity index is 576. The Kier molecular flexibility index (Phi) is 4.78. The zero-order valence-electron chi connectivity index (χ0n) is 12.1. The van der Waals surface area contributed by atoms with Gasteiger partial charge in [-0.25, -0.2) is 9.97 Å². The standard InChI is InChI=1S/C14H21BrN4O/c1-14(2,3)11(4-5-20)16-6-10-7-18-13-8-17-12(15)9-19(10)13/h7-9,11,16,20H,4-6H2,1-3H3. The van der Waals surface area contributed by atoms with E-state index in [1.807, 2.05) is 16.8 Å². The number of hydrogen-bond acceptors (Lipinski definition) is 4. The van der Waals surface area contributed by atoms with Gasteiger partial charge in [0.2, 0.25) is 0 Å². The van der Waals surface area contributed by atoms with Gasteiger partial charge in [-0.2, -0.15) is 0 Å². The van der Waals surface area contributed by atoms with Gasteiger partial charge in [0, 0.05) is 25.4 Å². The molecule has 2 heterocycles. The van der Waals surface area contributed by atoms with E-state index in [0.717, 1.165) is 22.4 Å². The van der Waals surface area contributed by atoms with Crippen LogP contribution in [0.2, 0.25) is 0 Å². The second-order valence-electron chi connectivity index (χ2n) is 6.00. The van der Waals surface area contributed by atoms with Crippen LogP contribution in [0.3, 0.4) is 0 Å². The van der Waals surface area contributed by atoms with Gasteiger partial charge in [-0.3, -0.25) is 4.40 Å². The van der Waals surface area contributed by atoms with Gasteiger partial charge in [-0.15, -0.1) is 0 Å². The van der Waals surface area contributed by atoms with Gasteiger partial charge in [0.25, 0.3) is 0 Å². The second kappa shape index (κ2) is 6.20. The molecule has 0 amide bonds. The van der Waals surface area contributed by atoms with Gasteiger partial charge in [-0.05, 0) is 27.8 Å². The summed E-state index contributed by atoms with van der Waals surface area (Å²) in [6.45, 7) is 7.43. The molecule has 0 saturated heterocycles. The largest absolute Gasteiger partial charge is 0.396 e. The summed E-state index contributed by atoms with van der Waals surface area (Å²) in [4.78, 5) is 8.50. The number of imidazole rings is 1. The first-order valence-electron chi connectivity index (χ1n) is 6.73. The van der Waals surface area contributed by atoms with Crippen LogP contribution in [0.15, 0.2) is 23.2 Å². The van der Waals surface area contributed by atoms with E-state index in [1.165, 1.54) is 0 Å². The maximum Gasteiger partial charge on any atom is 0.155 e. The molecule has 2 N–H and O–H groups in total. The fourth-order valence-corrected chi connectivity index (χ4v) is 2.55. The number of fused-ring (bicyclic) bond motifs is 1. The van der Waals surface area contributed by atoms with E-state index in [4.69, 9.17) is 0 Å². The van der Waals surface area contributed by atoms with Crippen LogP contribution in [0.1, 0.15) is 32.9 Å². The monoisotopic (exact) mass is 340 g/mol. The third kappa shape index (κ3) is 3.56. The van der Waals surface area contributed by atoms with Crippen LogP contribution in [0.4, 0.5) is 0 Å². The minimum atomic E-state index is 0.103. The fraction of sp³-hybridized carbons (Fsp3) is 0.571. The predicted octanol–water partition coefficient (Wildman–Crippen LogP) is 2.38. The second-order valence-corrected chi connectivity index (χ2v) is 6.81. The van der Waals surface area contributed by atoms with Gasteiger partial charge < -0.3 is 10.4 Å². The Labute approximate surface area is 127 Å². The molecule has 2 rings (SSSR count). The molecule has 110 valence electrons. The molecule has 0 aliphatic carbocycles. The van der Waals surface area contributed by atoms with Crippen LogP contribution >= 0.6 is 15.9 Å². The molecule has 0 aromatic carbocycles. The molecule has 2 aromatic rings. The average molecular weight is 341 g/mol. The van der Waals surface area contributed by atoms with Crippen molar-refractivity contribution in [1.29, 1.82) is 0 Å². The molecular weight excluding hydrogens is 320 g/mol.